The van der Waals surface area contributed by atoms with E-state index in [4.69, 9.17) is 16.6 Å². The van der Waals surface area contributed by atoms with E-state index in [2.05, 4.69) is 19.2 Å². The zero-order valence-corrected chi connectivity index (χ0v) is 16.0. The van der Waals surface area contributed by atoms with Crippen LogP contribution in [0, 0.1) is 0 Å². The lowest BCUT2D eigenvalue weighted by Crippen LogP contribution is -2.85. The van der Waals surface area contributed by atoms with Crippen molar-refractivity contribution < 1.29 is 5.32 Å². The predicted octanol–water partition coefficient (Wildman–Crippen LogP) is 3.85. The van der Waals surface area contributed by atoms with E-state index in [1.807, 2.05) is 36.4 Å². The maximum atomic E-state index is 13.2. The average molecular weight is 371 g/mol. The summed E-state index contributed by atoms with van der Waals surface area (Å²) in [6.45, 7) is 5.33. The number of hydrogen-bond acceptors (Lipinski definition) is 2. The van der Waals surface area contributed by atoms with Gasteiger partial charge in [-0.2, -0.15) is 0 Å². The van der Waals surface area contributed by atoms with Crippen LogP contribution in [0.3, 0.4) is 0 Å². The Morgan fingerprint density at radius 1 is 1.12 bits per heavy atom. The molecule has 0 spiro atoms. The molecule has 26 heavy (non-hydrogen) atoms. The fourth-order valence-corrected chi connectivity index (χ4v) is 3.29. The van der Waals surface area contributed by atoms with Crippen LogP contribution in [0.25, 0.3) is 16.6 Å². The molecule has 136 valence electrons. The maximum absolute atomic E-state index is 13.2. The van der Waals surface area contributed by atoms with Crippen molar-refractivity contribution in [3.05, 3.63) is 69.7 Å². The first kappa shape index (κ1) is 18.6. The van der Waals surface area contributed by atoms with Gasteiger partial charge in [0.05, 0.1) is 23.1 Å². The molecule has 2 aromatic carbocycles. The SMILES string of the molecule is CCCCC[NH2+][C@H](C)c1nc2ccccc2c(=O)n1-c1ccc(Cl)cc1. The zero-order chi connectivity index (χ0) is 18.5. The number of hydrogen-bond donors (Lipinski definition) is 1. The highest BCUT2D eigenvalue weighted by molar-refractivity contribution is 6.30. The number of fused-ring (bicyclic) bond motifs is 1. The van der Waals surface area contributed by atoms with E-state index in [1.54, 1.807) is 16.7 Å². The summed E-state index contributed by atoms with van der Waals surface area (Å²) in [7, 11) is 0. The van der Waals surface area contributed by atoms with Crippen molar-refractivity contribution >= 4 is 22.5 Å². The molecule has 2 N–H and O–H groups in total. The van der Waals surface area contributed by atoms with Crippen molar-refractivity contribution in [2.75, 3.05) is 6.54 Å². The average Bonchev–Trinajstić information content (AvgIpc) is 2.66. The first-order chi connectivity index (χ1) is 12.6. The molecule has 0 unspecified atom stereocenters. The Labute approximate surface area is 158 Å². The van der Waals surface area contributed by atoms with Gasteiger partial charge >= 0.3 is 0 Å². The van der Waals surface area contributed by atoms with Gasteiger partial charge in [-0.15, -0.1) is 0 Å². The summed E-state index contributed by atoms with van der Waals surface area (Å²) in [5.74, 6) is 0.771. The summed E-state index contributed by atoms with van der Waals surface area (Å²) in [4.78, 5) is 18.0. The van der Waals surface area contributed by atoms with Gasteiger partial charge in [-0.3, -0.25) is 9.36 Å². The summed E-state index contributed by atoms with van der Waals surface area (Å²) >= 11 is 6.03. The van der Waals surface area contributed by atoms with Crippen molar-refractivity contribution in [2.45, 2.75) is 39.2 Å². The molecule has 3 rings (SSSR count). The van der Waals surface area contributed by atoms with Crippen molar-refractivity contribution in [3.63, 3.8) is 0 Å². The third-order valence-corrected chi connectivity index (χ3v) is 4.87. The molecule has 0 aliphatic heterocycles. The van der Waals surface area contributed by atoms with Gasteiger partial charge in [0.1, 0.15) is 6.04 Å². The van der Waals surface area contributed by atoms with Crippen LogP contribution in [0.5, 0.6) is 0 Å². The number of quaternary nitrogens is 1. The van der Waals surface area contributed by atoms with Crippen molar-refractivity contribution in [3.8, 4) is 5.69 Å². The smallest absolute Gasteiger partial charge is 0.266 e. The third-order valence-electron chi connectivity index (χ3n) is 4.62. The second-order valence-electron chi connectivity index (χ2n) is 6.62. The van der Waals surface area contributed by atoms with Crippen LogP contribution in [0.4, 0.5) is 0 Å². The number of halogens is 1. The van der Waals surface area contributed by atoms with Gasteiger partial charge in [-0.1, -0.05) is 37.1 Å². The minimum atomic E-state index is -0.0401. The number of nitrogens with two attached hydrogens (primary N) is 1. The lowest BCUT2D eigenvalue weighted by Gasteiger charge is -2.17. The number of aromatic nitrogens is 2. The molecule has 0 radical (unpaired) electrons. The Hall–Kier alpha value is -2.17. The topological polar surface area (TPSA) is 51.5 Å². The molecule has 1 heterocycles. The van der Waals surface area contributed by atoms with Gasteiger partial charge in [0.25, 0.3) is 5.56 Å². The fourth-order valence-electron chi connectivity index (χ4n) is 3.16. The summed E-state index contributed by atoms with van der Waals surface area (Å²) < 4.78 is 1.72. The van der Waals surface area contributed by atoms with Crippen molar-refractivity contribution in [1.29, 1.82) is 0 Å². The van der Waals surface area contributed by atoms with Gasteiger partial charge in [-0.25, -0.2) is 4.98 Å². The Balaban J connectivity index is 2.08. The molecule has 0 saturated heterocycles. The monoisotopic (exact) mass is 370 g/mol. The molecule has 0 amide bonds. The van der Waals surface area contributed by atoms with Gasteiger partial charge < -0.3 is 5.32 Å². The van der Waals surface area contributed by atoms with E-state index < -0.39 is 0 Å². The highest BCUT2D eigenvalue weighted by Gasteiger charge is 2.19. The first-order valence-electron chi connectivity index (χ1n) is 9.22. The molecule has 5 heteroatoms. The molecule has 3 aromatic rings. The maximum Gasteiger partial charge on any atom is 0.266 e. The summed E-state index contributed by atoms with van der Waals surface area (Å²) in [5, 5.41) is 3.54. The highest BCUT2D eigenvalue weighted by atomic mass is 35.5. The van der Waals surface area contributed by atoms with Crippen LogP contribution < -0.4 is 10.9 Å². The highest BCUT2D eigenvalue weighted by Crippen LogP contribution is 2.18. The van der Waals surface area contributed by atoms with Crippen molar-refractivity contribution in [1.82, 2.24) is 9.55 Å². The Morgan fingerprint density at radius 2 is 1.85 bits per heavy atom. The Morgan fingerprint density at radius 3 is 2.58 bits per heavy atom. The standard InChI is InChI=1S/C21H24ClN3O/c1-3-4-7-14-23-15(2)20-24-19-9-6-5-8-18(19)21(26)25(20)17-12-10-16(22)11-13-17/h5-6,8-13,15,23H,3-4,7,14H2,1-2H3/p+1/t15-/m1/s1. The quantitative estimate of drug-likeness (QED) is 0.642. The van der Waals surface area contributed by atoms with Gasteiger partial charge in [0.15, 0.2) is 5.82 Å². The number of rotatable bonds is 7. The first-order valence-corrected chi connectivity index (χ1v) is 9.60. The molecular weight excluding hydrogens is 346 g/mol. The van der Waals surface area contributed by atoms with E-state index in [0.29, 0.717) is 10.4 Å². The summed E-state index contributed by atoms with van der Waals surface area (Å²) in [6.07, 6.45) is 3.59. The number of unbranched alkanes of at least 4 members (excludes halogenated alkanes) is 2. The van der Waals surface area contributed by atoms with Crippen LogP contribution in [-0.2, 0) is 0 Å². The predicted molar refractivity (Wildman–Crippen MR) is 107 cm³/mol. The van der Waals surface area contributed by atoms with Crippen LogP contribution in [0.2, 0.25) is 5.02 Å². The Bertz CT molecular complexity index is 934. The normalized spacial score (nSPS) is 12.4. The van der Waals surface area contributed by atoms with E-state index in [0.717, 1.165) is 23.6 Å². The molecule has 1 aromatic heterocycles. The number of para-hydroxylation sites is 1. The molecular formula is C21H25ClN3O+. The van der Waals surface area contributed by atoms with Gasteiger partial charge in [0.2, 0.25) is 0 Å². The molecule has 0 bridgehead atoms. The largest absolute Gasteiger partial charge is 0.338 e. The molecule has 0 aliphatic rings. The zero-order valence-electron chi connectivity index (χ0n) is 15.3. The van der Waals surface area contributed by atoms with Crippen LogP contribution in [-0.4, -0.2) is 16.1 Å². The molecule has 0 aliphatic carbocycles. The lowest BCUT2D eigenvalue weighted by atomic mass is 10.2. The molecule has 1 atom stereocenters. The van der Waals surface area contributed by atoms with Crippen LogP contribution in [0.15, 0.2) is 53.3 Å². The summed E-state index contributed by atoms with van der Waals surface area (Å²) in [6, 6.07) is 14.9. The van der Waals surface area contributed by atoms with E-state index in [-0.39, 0.29) is 11.6 Å². The van der Waals surface area contributed by atoms with Gasteiger partial charge in [-0.05, 0) is 56.2 Å². The molecule has 0 fully saturated rings. The second kappa shape index (κ2) is 8.47. The molecule has 4 nitrogen and oxygen atoms in total. The minimum absolute atomic E-state index is 0.0401. The minimum Gasteiger partial charge on any atom is -0.338 e. The molecule has 0 saturated carbocycles. The fraction of sp³-hybridized carbons (Fsp3) is 0.333. The van der Waals surface area contributed by atoms with E-state index in [1.165, 1.54) is 19.3 Å². The van der Waals surface area contributed by atoms with E-state index >= 15 is 0 Å². The lowest BCUT2D eigenvalue weighted by molar-refractivity contribution is -0.694. The van der Waals surface area contributed by atoms with Crippen LogP contribution >= 0.6 is 11.6 Å². The van der Waals surface area contributed by atoms with E-state index in [9.17, 15) is 4.79 Å². The second-order valence-corrected chi connectivity index (χ2v) is 7.06. The van der Waals surface area contributed by atoms with Gasteiger partial charge in [0, 0.05) is 5.02 Å². The van der Waals surface area contributed by atoms with Crippen molar-refractivity contribution in [2.24, 2.45) is 0 Å². The summed E-state index contributed by atoms with van der Waals surface area (Å²) in [5.41, 5.74) is 1.50. The number of nitrogens with zero attached hydrogens (tertiary/aromatic N) is 2. The Kier molecular flexibility index (Phi) is 6.07. The number of benzene rings is 2. The third kappa shape index (κ3) is 3.97. The van der Waals surface area contributed by atoms with Crippen LogP contribution in [0.1, 0.15) is 45.0 Å².